The van der Waals surface area contributed by atoms with Crippen molar-refractivity contribution in [2.24, 2.45) is 0 Å². The monoisotopic (exact) mass is 537 g/mol. The Bertz CT molecular complexity index is 1270. The van der Waals surface area contributed by atoms with E-state index in [1.807, 2.05) is 30.3 Å². The minimum atomic E-state index is -1.23. The molecule has 0 unspecified atom stereocenters. The first-order chi connectivity index (χ1) is 18.1. The maximum Gasteiger partial charge on any atom is 0.314 e. The summed E-state index contributed by atoms with van der Waals surface area (Å²) in [6.07, 6.45) is 3.07. The molecule has 11 heteroatoms. The van der Waals surface area contributed by atoms with E-state index in [-0.39, 0.29) is 18.8 Å². The van der Waals surface area contributed by atoms with Gasteiger partial charge in [0, 0.05) is 33.8 Å². The van der Waals surface area contributed by atoms with Crippen molar-refractivity contribution in [1.29, 1.82) is 0 Å². The molecule has 38 heavy (non-hydrogen) atoms. The Morgan fingerprint density at radius 2 is 1.89 bits per heavy atom. The van der Waals surface area contributed by atoms with Crippen LogP contribution in [0.25, 0.3) is 10.9 Å². The number of aromatic nitrogens is 3. The van der Waals surface area contributed by atoms with Crippen molar-refractivity contribution in [1.82, 2.24) is 24.6 Å². The first-order valence-corrected chi connectivity index (χ1v) is 16.9. The molecular weight excluding hydrogens is 498 g/mol. The Kier molecular flexibility index (Phi) is 8.49. The molecule has 3 N–H and O–H groups in total. The minimum Gasteiger partial charge on any atom is -0.383 e. The van der Waals surface area contributed by atoms with Crippen LogP contribution in [-0.4, -0.2) is 76.7 Å². The molecule has 1 aliphatic heterocycles. The van der Waals surface area contributed by atoms with Gasteiger partial charge < -0.3 is 20.7 Å². The highest BCUT2D eigenvalue weighted by atomic mass is 28.3. The van der Waals surface area contributed by atoms with E-state index in [1.165, 1.54) is 6.20 Å². The van der Waals surface area contributed by atoms with Crippen molar-refractivity contribution >= 4 is 42.3 Å². The number of hydrogen-bond acceptors (Lipinski definition) is 7. The second-order valence-electron chi connectivity index (χ2n) is 11.1. The van der Waals surface area contributed by atoms with E-state index in [4.69, 9.17) is 10.5 Å². The number of piperazine rings is 1. The molecule has 10 nitrogen and oxygen atoms in total. The topological polar surface area (TPSA) is 119 Å². The van der Waals surface area contributed by atoms with E-state index in [9.17, 15) is 9.59 Å². The second kappa shape index (κ2) is 11.6. The normalized spacial score (nSPS) is 18.6. The predicted molar refractivity (Wildman–Crippen MR) is 152 cm³/mol. The zero-order valence-electron chi connectivity index (χ0n) is 23.0. The van der Waals surface area contributed by atoms with E-state index < -0.39 is 19.9 Å². The summed E-state index contributed by atoms with van der Waals surface area (Å²) in [5.41, 5.74) is 8.04. The van der Waals surface area contributed by atoms with Crippen LogP contribution < -0.4 is 11.1 Å². The number of likely N-dealkylation sites (N-methyl/N-ethyl adjacent to an activating group) is 1. The molecule has 0 radical (unpaired) electrons. The SMILES string of the molecule is CCN1C[C@H](c2ccccc2)N(C(=O)C(=O)Nc2cnc(N)c3cnn(COCC[Si](C)(C)C)c23)C[C@H]1C. The average Bonchev–Trinajstić information content (AvgIpc) is 3.32. The van der Waals surface area contributed by atoms with Gasteiger partial charge in [-0.3, -0.25) is 14.5 Å². The molecule has 0 aliphatic carbocycles. The molecule has 2 aromatic heterocycles. The summed E-state index contributed by atoms with van der Waals surface area (Å²) in [5, 5.41) is 7.79. The fourth-order valence-corrected chi connectivity index (χ4v) is 5.56. The lowest BCUT2D eigenvalue weighted by molar-refractivity contribution is -0.147. The number of pyridine rings is 1. The third kappa shape index (κ3) is 6.22. The van der Waals surface area contributed by atoms with Gasteiger partial charge in [0.25, 0.3) is 0 Å². The van der Waals surface area contributed by atoms with Crippen LogP contribution in [0.5, 0.6) is 0 Å². The van der Waals surface area contributed by atoms with Crippen molar-refractivity contribution in [3.05, 3.63) is 48.3 Å². The molecule has 2 atom stereocenters. The third-order valence-corrected chi connectivity index (χ3v) is 8.78. The lowest BCUT2D eigenvalue weighted by Gasteiger charge is -2.45. The number of rotatable bonds is 8. The van der Waals surface area contributed by atoms with Gasteiger partial charge in [0.15, 0.2) is 0 Å². The summed E-state index contributed by atoms with van der Waals surface area (Å²) in [6.45, 7) is 13.9. The van der Waals surface area contributed by atoms with Crippen molar-refractivity contribution in [2.45, 2.75) is 58.3 Å². The number of carbonyl (C=O) groups excluding carboxylic acids is 2. The maximum atomic E-state index is 13.6. The van der Waals surface area contributed by atoms with E-state index in [0.717, 1.165) is 18.2 Å². The first kappa shape index (κ1) is 27.7. The number of nitrogens with zero attached hydrogens (tertiary/aromatic N) is 5. The van der Waals surface area contributed by atoms with Crippen LogP contribution in [0.1, 0.15) is 25.5 Å². The van der Waals surface area contributed by atoms with E-state index in [1.54, 1.807) is 15.8 Å². The van der Waals surface area contributed by atoms with Crippen LogP contribution in [0, 0.1) is 0 Å². The van der Waals surface area contributed by atoms with Crippen LogP contribution in [0.3, 0.4) is 0 Å². The van der Waals surface area contributed by atoms with Gasteiger partial charge in [-0.25, -0.2) is 9.67 Å². The highest BCUT2D eigenvalue weighted by Gasteiger charge is 2.37. The molecular formula is C27H39N7O3Si. The summed E-state index contributed by atoms with van der Waals surface area (Å²) in [4.78, 5) is 35.1. The van der Waals surface area contributed by atoms with Gasteiger partial charge in [0.05, 0.1) is 35.0 Å². The minimum absolute atomic E-state index is 0.136. The van der Waals surface area contributed by atoms with Crippen molar-refractivity contribution in [3.8, 4) is 0 Å². The lowest BCUT2D eigenvalue weighted by Crippen LogP contribution is -2.56. The quantitative estimate of drug-likeness (QED) is 0.256. The summed E-state index contributed by atoms with van der Waals surface area (Å²) in [7, 11) is -1.23. The van der Waals surface area contributed by atoms with Crippen molar-refractivity contribution in [3.63, 3.8) is 0 Å². The summed E-state index contributed by atoms with van der Waals surface area (Å²) in [5.74, 6) is -1.00. The zero-order valence-corrected chi connectivity index (χ0v) is 24.0. The molecule has 204 valence electrons. The van der Waals surface area contributed by atoms with Gasteiger partial charge >= 0.3 is 11.8 Å². The molecule has 1 saturated heterocycles. The van der Waals surface area contributed by atoms with Gasteiger partial charge in [0.1, 0.15) is 12.5 Å². The molecule has 3 aromatic rings. The third-order valence-electron chi connectivity index (χ3n) is 7.07. The molecule has 0 saturated carbocycles. The number of hydrogen-bond donors (Lipinski definition) is 2. The molecule has 2 amide bonds. The highest BCUT2D eigenvalue weighted by Crippen LogP contribution is 2.30. The van der Waals surface area contributed by atoms with Gasteiger partial charge in [-0.15, -0.1) is 0 Å². The number of ether oxygens (including phenoxy) is 1. The van der Waals surface area contributed by atoms with Crippen LogP contribution in [0.4, 0.5) is 11.5 Å². The van der Waals surface area contributed by atoms with Crippen LogP contribution in [0.15, 0.2) is 42.7 Å². The Hall–Kier alpha value is -3.28. The number of anilines is 2. The van der Waals surface area contributed by atoms with E-state index >= 15 is 0 Å². The summed E-state index contributed by atoms with van der Waals surface area (Å²) < 4.78 is 7.53. The number of nitrogens with one attached hydrogen (secondary N) is 1. The standard InChI is InChI=1S/C27H39N7O3Si/c1-6-32-17-23(20-10-8-7-9-11-20)33(16-19(32)2)27(36)26(35)31-22-15-29-25(28)21-14-30-34(24(21)22)18-37-12-13-38(3,4)5/h7-11,14-15,19,23H,6,12-13,16-18H2,1-5H3,(H2,28,29)(H,31,35)/t19-,23-/m1/s1. The molecule has 3 heterocycles. The average molecular weight is 538 g/mol. The van der Waals surface area contributed by atoms with Crippen LogP contribution in [0.2, 0.25) is 25.7 Å². The fourth-order valence-electron chi connectivity index (χ4n) is 4.80. The highest BCUT2D eigenvalue weighted by molar-refractivity contribution is 6.76. The summed E-state index contributed by atoms with van der Waals surface area (Å²) >= 11 is 0. The predicted octanol–water partition coefficient (Wildman–Crippen LogP) is 3.56. The Morgan fingerprint density at radius 1 is 1.16 bits per heavy atom. The number of nitrogen functional groups attached to an aromatic ring is 1. The van der Waals surface area contributed by atoms with Crippen LogP contribution in [-0.2, 0) is 21.1 Å². The van der Waals surface area contributed by atoms with E-state index in [0.29, 0.717) is 42.1 Å². The lowest BCUT2D eigenvalue weighted by atomic mass is 9.99. The number of amides is 2. The molecule has 1 fully saturated rings. The molecule has 4 rings (SSSR count). The largest absolute Gasteiger partial charge is 0.383 e. The second-order valence-corrected chi connectivity index (χ2v) is 16.7. The molecule has 0 spiro atoms. The fraction of sp³-hybridized carbons (Fsp3) is 0.481. The van der Waals surface area contributed by atoms with E-state index in [2.05, 4.69) is 53.8 Å². The number of benzene rings is 1. The molecule has 1 aromatic carbocycles. The van der Waals surface area contributed by atoms with Gasteiger partial charge in [-0.2, -0.15) is 5.10 Å². The Balaban J connectivity index is 1.55. The first-order valence-electron chi connectivity index (χ1n) is 13.2. The molecule has 1 aliphatic rings. The number of carbonyl (C=O) groups is 2. The smallest absolute Gasteiger partial charge is 0.314 e. The number of nitrogens with two attached hydrogens (primary N) is 1. The van der Waals surface area contributed by atoms with Crippen LogP contribution >= 0.6 is 0 Å². The summed E-state index contributed by atoms with van der Waals surface area (Å²) in [6, 6.07) is 10.8. The van der Waals surface area contributed by atoms with Gasteiger partial charge in [0.2, 0.25) is 0 Å². The molecule has 0 bridgehead atoms. The Morgan fingerprint density at radius 3 is 2.58 bits per heavy atom. The Labute approximate surface area is 225 Å². The van der Waals surface area contributed by atoms with Gasteiger partial charge in [-0.05, 0) is 25.1 Å². The maximum absolute atomic E-state index is 13.6. The van der Waals surface area contributed by atoms with Gasteiger partial charge in [-0.1, -0.05) is 56.9 Å². The van der Waals surface area contributed by atoms with Crippen molar-refractivity contribution < 1.29 is 14.3 Å². The zero-order chi connectivity index (χ0) is 27.4. The number of fused-ring (bicyclic) bond motifs is 1. The van der Waals surface area contributed by atoms with Crippen molar-refractivity contribution in [2.75, 3.05) is 37.3 Å².